The summed E-state index contributed by atoms with van der Waals surface area (Å²) in [4.78, 5) is 4.36. The van der Waals surface area contributed by atoms with Crippen molar-refractivity contribution >= 4 is 40.6 Å². The first kappa shape index (κ1) is 10.7. The van der Waals surface area contributed by atoms with E-state index in [1.807, 2.05) is 28.9 Å². The van der Waals surface area contributed by atoms with Crippen LogP contribution in [0.2, 0.25) is 0 Å². The number of nitrogens with two attached hydrogens (primary N) is 1. The number of aromatic nitrogens is 2. The fourth-order valence-corrected chi connectivity index (χ4v) is 1.73. The van der Waals surface area contributed by atoms with E-state index in [-0.39, 0.29) is 12.4 Å². The molecule has 0 atom stereocenters. The molecule has 5 heteroatoms. The number of hydrogen-bond acceptors (Lipinski definition) is 2. The van der Waals surface area contributed by atoms with Crippen molar-refractivity contribution in [1.82, 2.24) is 9.38 Å². The van der Waals surface area contributed by atoms with Crippen molar-refractivity contribution in [2.75, 3.05) is 0 Å². The quantitative estimate of drug-likeness (QED) is 0.817. The lowest BCUT2D eigenvalue weighted by Gasteiger charge is -1.92. The van der Waals surface area contributed by atoms with E-state index < -0.39 is 0 Å². The maximum absolute atomic E-state index is 5.49. The van der Waals surface area contributed by atoms with Crippen molar-refractivity contribution in [2.45, 2.75) is 6.54 Å². The lowest BCUT2D eigenvalue weighted by Crippen LogP contribution is -1.95. The van der Waals surface area contributed by atoms with Gasteiger partial charge in [0.15, 0.2) is 5.65 Å². The summed E-state index contributed by atoms with van der Waals surface area (Å²) in [5.74, 6) is 0. The second-order valence-electron chi connectivity index (χ2n) is 2.52. The largest absolute Gasteiger partial charge is 0.325 e. The van der Waals surface area contributed by atoms with Crippen LogP contribution in [-0.4, -0.2) is 9.38 Å². The average molecular weight is 310 g/mol. The van der Waals surface area contributed by atoms with Crippen molar-refractivity contribution in [3.63, 3.8) is 0 Å². The monoisotopic (exact) mass is 309 g/mol. The molecule has 0 radical (unpaired) electrons. The zero-order chi connectivity index (χ0) is 8.55. The van der Waals surface area contributed by atoms with Crippen molar-refractivity contribution in [3.8, 4) is 0 Å². The first-order valence-electron chi connectivity index (χ1n) is 3.63. The molecule has 0 fully saturated rings. The molecule has 0 amide bonds. The van der Waals surface area contributed by atoms with Gasteiger partial charge >= 0.3 is 0 Å². The molecule has 0 bridgehead atoms. The Hall–Kier alpha value is -0.330. The minimum atomic E-state index is 0. The Balaban J connectivity index is 0.000000845. The van der Waals surface area contributed by atoms with Gasteiger partial charge in [0.2, 0.25) is 0 Å². The lowest BCUT2D eigenvalue weighted by molar-refractivity contribution is 1.01. The van der Waals surface area contributed by atoms with Gasteiger partial charge < -0.3 is 10.1 Å². The molecule has 2 N–H and O–H groups in total. The highest BCUT2D eigenvalue weighted by molar-refractivity contribution is 14.1. The molecule has 0 aliphatic rings. The van der Waals surface area contributed by atoms with Crippen LogP contribution in [0, 0.1) is 3.57 Å². The van der Waals surface area contributed by atoms with Crippen LogP contribution in [0.15, 0.2) is 24.5 Å². The maximum atomic E-state index is 5.49. The maximum Gasteiger partial charge on any atom is 0.150 e. The molecule has 0 aliphatic carbocycles. The van der Waals surface area contributed by atoms with E-state index in [1.165, 1.54) is 0 Å². The molecule has 2 rings (SSSR count). The van der Waals surface area contributed by atoms with Crippen LogP contribution in [0.4, 0.5) is 0 Å². The molecule has 0 aromatic carbocycles. The van der Waals surface area contributed by atoms with Gasteiger partial charge in [-0.25, -0.2) is 4.98 Å². The molecular weight excluding hydrogens is 300 g/mol. The molecule has 2 heterocycles. The zero-order valence-corrected chi connectivity index (χ0v) is 9.75. The first-order chi connectivity index (χ1) is 5.81. The SMILES string of the molecule is Cl.NCc1cn2cccc(I)c2n1. The first-order valence-corrected chi connectivity index (χ1v) is 4.71. The standard InChI is InChI=1S/C8H8IN3.ClH/c9-7-2-1-3-12-5-6(4-10)11-8(7)12;/h1-3,5H,4,10H2;1H. The zero-order valence-electron chi connectivity index (χ0n) is 6.77. The molecule has 13 heavy (non-hydrogen) atoms. The Morgan fingerprint density at radius 1 is 1.54 bits per heavy atom. The number of fused-ring (bicyclic) bond motifs is 1. The topological polar surface area (TPSA) is 43.3 Å². The van der Waals surface area contributed by atoms with E-state index in [1.54, 1.807) is 0 Å². The molecule has 2 aromatic rings. The van der Waals surface area contributed by atoms with Crippen molar-refractivity contribution in [2.24, 2.45) is 5.73 Å². The number of pyridine rings is 1. The second-order valence-corrected chi connectivity index (χ2v) is 3.69. The number of hydrogen-bond donors (Lipinski definition) is 1. The normalized spacial score (nSPS) is 10.0. The van der Waals surface area contributed by atoms with Crippen LogP contribution in [0.5, 0.6) is 0 Å². The Morgan fingerprint density at radius 2 is 2.31 bits per heavy atom. The van der Waals surface area contributed by atoms with E-state index in [9.17, 15) is 0 Å². The summed E-state index contributed by atoms with van der Waals surface area (Å²) >= 11 is 2.26. The summed E-state index contributed by atoms with van der Waals surface area (Å²) in [6, 6.07) is 4.03. The molecule has 0 unspecified atom stereocenters. The number of rotatable bonds is 1. The van der Waals surface area contributed by atoms with Crippen molar-refractivity contribution < 1.29 is 0 Å². The number of imidazole rings is 1. The van der Waals surface area contributed by atoms with E-state index >= 15 is 0 Å². The van der Waals surface area contributed by atoms with E-state index in [0.717, 1.165) is 14.9 Å². The van der Waals surface area contributed by atoms with Crippen LogP contribution in [0.3, 0.4) is 0 Å². The predicted octanol–water partition coefficient (Wildman–Crippen LogP) is 1.82. The minimum absolute atomic E-state index is 0. The molecule has 0 saturated carbocycles. The minimum Gasteiger partial charge on any atom is -0.325 e. The van der Waals surface area contributed by atoms with Gasteiger partial charge in [0.25, 0.3) is 0 Å². The van der Waals surface area contributed by atoms with Gasteiger partial charge in [0.1, 0.15) is 0 Å². The third-order valence-corrected chi connectivity index (χ3v) is 2.54. The Kier molecular flexibility index (Phi) is 3.52. The van der Waals surface area contributed by atoms with Gasteiger partial charge in [0.05, 0.1) is 9.26 Å². The van der Waals surface area contributed by atoms with Gasteiger partial charge in [-0.3, -0.25) is 0 Å². The third-order valence-electron chi connectivity index (χ3n) is 1.69. The fraction of sp³-hybridized carbons (Fsp3) is 0.125. The highest BCUT2D eigenvalue weighted by Gasteiger charge is 2.01. The Morgan fingerprint density at radius 3 is 2.92 bits per heavy atom. The molecular formula is C8H9ClIN3. The van der Waals surface area contributed by atoms with Crippen LogP contribution in [0.1, 0.15) is 5.69 Å². The lowest BCUT2D eigenvalue weighted by atomic mass is 10.5. The highest BCUT2D eigenvalue weighted by Crippen LogP contribution is 2.12. The molecule has 0 saturated heterocycles. The predicted molar refractivity (Wildman–Crippen MR) is 63.0 cm³/mol. The van der Waals surface area contributed by atoms with Crippen LogP contribution >= 0.6 is 35.0 Å². The van der Waals surface area contributed by atoms with Gasteiger partial charge in [0, 0.05) is 18.9 Å². The summed E-state index contributed by atoms with van der Waals surface area (Å²) in [5.41, 5.74) is 7.40. The number of halogens is 2. The molecule has 3 nitrogen and oxygen atoms in total. The van der Waals surface area contributed by atoms with Crippen LogP contribution in [0.25, 0.3) is 5.65 Å². The van der Waals surface area contributed by atoms with Gasteiger partial charge in [-0.15, -0.1) is 12.4 Å². The van der Waals surface area contributed by atoms with Crippen LogP contribution < -0.4 is 5.73 Å². The van der Waals surface area contributed by atoms with E-state index in [4.69, 9.17) is 5.73 Å². The summed E-state index contributed by atoms with van der Waals surface area (Å²) in [6.45, 7) is 0.498. The average Bonchev–Trinajstić information content (AvgIpc) is 2.49. The fourth-order valence-electron chi connectivity index (χ4n) is 1.13. The smallest absolute Gasteiger partial charge is 0.150 e. The van der Waals surface area contributed by atoms with Gasteiger partial charge in [-0.1, -0.05) is 0 Å². The highest BCUT2D eigenvalue weighted by atomic mass is 127. The summed E-state index contributed by atoms with van der Waals surface area (Å²) < 4.78 is 3.14. The van der Waals surface area contributed by atoms with Gasteiger partial charge in [-0.05, 0) is 34.7 Å². The Labute approximate surface area is 95.9 Å². The van der Waals surface area contributed by atoms with Gasteiger partial charge in [-0.2, -0.15) is 0 Å². The Bertz CT molecular complexity index is 413. The van der Waals surface area contributed by atoms with Crippen LogP contribution in [-0.2, 0) is 6.54 Å². The summed E-state index contributed by atoms with van der Waals surface area (Å²) in [5, 5.41) is 0. The molecule has 0 spiro atoms. The molecule has 0 aliphatic heterocycles. The van der Waals surface area contributed by atoms with E-state index in [0.29, 0.717) is 6.54 Å². The third kappa shape index (κ3) is 1.95. The molecule has 70 valence electrons. The second kappa shape index (κ2) is 4.26. The van der Waals surface area contributed by atoms with Crippen molar-refractivity contribution in [1.29, 1.82) is 0 Å². The molecule has 2 aromatic heterocycles. The number of nitrogens with zero attached hydrogens (tertiary/aromatic N) is 2. The summed E-state index contributed by atoms with van der Waals surface area (Å²) in [7, 11) is 0. The summed E-state index contributed by atoms with van der Waals surface area (Å²) in [6.07, 6.45) is 3.93. The van der Waals surface area contributed by atoms with E-state index in [2.05, 4.69) is 27.6 Å². The van der Waals surface area contributed by atoms with Crippen molar-refractivity contribution in [3.05, 3.63) is 33.8 Å².